The third-order valence-electron chi connectivity index (χ3n) is 2.15. The number of aryl methyl sites for hydroxylation is 1. The molecule has 84 valence electrons. The Morgan fingerprint density at radius 2 is 2.20 bits per heavy atom. The second-order valence-electron chi connectivity index (χ2n) is 3.19. The van der Waals surface area contributed by atoms with Crippen molar-refractivity contribution in [3.05, 3.63) is 16.1 Å². The zero-order valence-corrected chi connectivity index (χ0v) is 10.3. The van der Waals surface area contributed by atoms with Crippen LogP contribution in [0, 0.1) is 6.92 Å². The number of thiazole rings is 1. The Labute approximate surface area is 94.8 Å². The van der Waals surface area contributed by atoms with E-state index in [9.17, 15) is 0 Å². The first-order valence-electron chi connectivity index (χ1n) is 5.13. The topological polar surface area (TPSA) is 54.5 Å². The monoisotopic (exact) mass is 226 g/mol. The Bertz CT molecular complexity index is 328. The van der Waals surface area contributed by atoms with E-state index in [0.29, 0.717) is 12.5 Å². The van der Waals surface area contributed by atoms with Gasteiger partial charge in [0.25, 0.3) is 0 Å². The van der Waals surface area contributed by atoms with Crippen molar-refractivity contribution in [3.63, 3.8) is 0 Å². The second-order valence-corrected chi connectivity index (χ2v) is 4.51. The average molecular weight is 226 g/mol. The molecule has 0 amide bonds. The van der Waals surface area contributed by atoms with Gasteiger partial charge in [0.1, 0.15) is 0 Å². The first-order chi connectivity index (χ1) is 7.17. The van der Waals surface area contributed by atoms with E-state index in [-0.39, 0.29) is 0 Å². The van der Waals surface area contributed by atoms with Gasteiger partial charge in [0.2, 0.25) is 0 Å². The molecule has 4 nitrogen and oxygen atoms in total. The molecule has 0 spiro atoms. The minimum Gasteiger partial charge on any atom is -0.370 e. The van der Waals surface area contributed by atoms with Crippen LogP contribution in [0.25, 0.3) is 0 Å². The van der Waals surface area contributed by atoms with E-state index in [1.165, 1.54) is 0 Å². The summed E-state index contributed by atoms with van der Waals surface area (Å²) in [5.74, 6) is 0.617. The maximum Gasteiger partial charge on any atom is 0.191 e. The van der Waals surface area contributed by atoms with Gasteiger partial charge in [-0.1, -0.05) is 0 Å². The largest absolute Gasteiger partial charge is 0.370 e. The first kappa shape index (κ1) is 12.0. The van der Waals surface area contributed by atoms with Crippen LogP contribution in [0.4, 0.5) is 0 Å². The van der Waals surface area contributed by atoms with Crippen LogP contribution in [0.1, 0.15) is 23.7 Å². The van der Waals surface area contributed by atoms with Gasteiger partial charge in [0.05, 0.1) is 11.6 Å². The van der Waals surface area contributed by atoms with E-state index >= 15 is 0 Å². The SMILES string of the molecule is CCN(CC)C(N)=NCc1cnc(C)s1. The van der Waals surface area contributed by atoms with Gasteiger partial charge in [-0.15, -0.1) is 11.3 Å². The van der Waals surface area contributed by atoms with Crippen LogP contribution in [-0.2, 0) is 6.54 Å². The van der Waals surface area contributed by atoms with E-state index < -0.39 is 0 Å². The number of guanidine groups is 1. The number of rotatable bonds is 4. The predicted molar refractivity (Wildman–Crippen MR) is 65.1 cm³/mol. The number of aliphatic imine (C=N–C) groups is 1. The van der Waals surface area contributed by atoms with Gasteiger partial charge < -0.3 is 10.6 Å². The molecule has 0 aliphatic rings. The van der Waals surface area contributed by atoms with Crippen LogP contribution in [0.5, 0.6) is 0 Å². The van der Waals surface area contributed by atoms with Crippen molar-refractivity contribution < 1.29 is 0 Å². The molecule has 0 aromatic carbocycles. The quantitative estimate of drug-likeness (QED) is 0.627. The molecule has 0 aliphatic carbocycles. The lowest BCUT2D eigenvalue weighted by Crippen LogP contribution is -2.36. The van der Waals surface area contributed by atoms with Crippen LogP contribution in [0.15, 0.2) is 11.2 Å². The summed E-state index contributed by atoms with van der Waals surface area (Å²) >= 11 is 1.66. The van der Waals surface area contributed by atoms with Crippen LogP contribution in [-0.4, -0.2) is 28.9 Å². The van der Waals surface area contributed by atoms with Crippen LogP contribution in [0.3, 0.4) is 0 Å². The van der Waals surface area contributed by atoms with Crippen LogP contribution in [0.2, 0.25) is 0 Å². The van der Waals surface area contributed by atoms with Gasteiger partial charge in [-0.2, -0.15) is 0 Å². The lowest BCUT2D eigenvalue weighted by Gasteiger charge is -2.19. The molecule has 1 heterocycles. The molecule has 0 unspecified atom stereocenters. The fourth-order valence-electron chi connectivity index (χ4n) is 1.28. The Balaban J connectivity index is 2.56. The fourth-order valence-corrected chi connectivity index (χ4v) is 2.00. The molecule has 15 heavy (non-hydrogen) atoms. The number of nitrogens with zero attached hydrogens (tertiary/aromatic N) is 3. The van der Waals surface area contributed by atoms with Crippen molar-refractivity contribution in [1.29, 1.82) is 0 Å². The van der Waals surface area contributed by atoms with Gasteiger partial charge in [-0.3, -0.25) is 0 Å². The highest BCUT2D eigenvalue weighted by Gasteiger charge is 2.02. The number of hydrogen-bond acceptors (Lipinski definition) is 3. The van der Waals surface area contributed by atoms with Gasteiger partial charge >= 0.3 is 0 Å². The molecule has 1 rings (SSSR count). The third kappa shape index (κ3) is 3.51. The normalized spacial score (nSPS) is 11.8. The lowest BCUT2D eigenvalue weighted by molar-refractivity contribution is 0.458. The summed E-state index contributed by atoms with van der Waals surface area (Å²) in [6.45, 7) is 8.56. The zero-order chi connectivity index (χ0) is 11.3. The zero-order valence-electron chi connectivity index (χ0n) is 9.53. The third-order valence-corrected chi connectivity index (χ3v) is 3.05. The van der Waals surface area contributed by atoms with E-state index in [1.54, 1.807) is 11.3 Å². The van der Waals surface area contributed by atoms with Gasteiger partial charge in [0.15, 0.2) is 5.96 Å². The summed E-state index contributed by atoms with van der Waals surface area (Å²) in [5.41, 5.74) is 5.85. The molecule has 2 N–H and O–H groups in total. The molecule has 0 radical (unpaired) electrons. The molecule has 5 heteroatoms. The fraction of sp³-hybridized carbons (Fsp3) is 0.600. The summed E-state index contributed by atoms with van der Waals surface area (Å²) in [5, 5.41) is 1.07. The molecule has 1 aromatic heterocycles. The molecule has 0 aliphatic heterocycles. The summed E-state index contributed by atoms with van der Waals surface area (Å²) in [7, 11) is 0. The van der Waals surface area contributed by atoms with E-state index in [4.69, 9.17) is 5.73 Å². The maximum atomic E-state index is 5.85. The highest BCUT2D eigenvalue weighted by molar-refractivity contribution is 7.11. The minimum atomic E-state index is 0.617. The Hall–Kier alpha value is -1.10. The molecule has 0 bridgehead atoms. The predicted octanol–water partition coefficient (Wildman–Crippen LogP) is 1.61. The highest BCUT2D eigenvalue weighted by Crippen LogP contribution is 2.12. The summed E-state index contributed by atoms with van der Waals surface area (Å²) < 4.78 is 0. The molecular weight excluding hydrogens is 208 g/mol. The molecule has 0 fully saturated rings. The van der Waals surface area contributed by atoms with Crippen molar-refractivity contribution in [1.82, 2.24) is 9.88 Å². The maximum absolute atomic E-state index is 5.85. The molecule has 0 atom stereocenters. The smallest absolute Gasteiger partial charge is 0.191 e. The standard InChI is InChI=1S/C10H18N4S/c1-4-14(5-2)10(11)13-7-9-6-12-8(3)15-9/h6H,4-5,7H2,1-3H3,(H2,11,13). The van der Waals surface area contributed by atoms with Crippen LogP contribution < -0.4 is 5.73 Å². The Morgan fingerprint density at radius 3 is 2.67 bits per heavy atom. The van der Waals surface area contributed by atoms with E-state index in [2.05, 4.69) is 23.8 Å². The van der Waals surface area contributed by atoms with Crippen molar-refractivity contribution in [2.24, 2.45) is 10.7 Å². The number of nitrogens with two attached hydrogens (primary N) is 1. The highest BCUT2D eigenvalue weighted by atomic mass is 32.1. The summed E-state index contributed by atoms with van der Waals surface area (Å²) in [4.78, 5) is 11.7. The molecule has 0 saturated carbocycles. The van der Waals surface area contributed by atoms with Crippen molar-refractivity contribution in [2.75, 3.05) is 13.1 Å². The second kappa shape index (κ2) is 5.70. The minimum absolute atomic E-state index is 0.617. The van der Waals surface area contributed by atoms with Crippen LogP contribution >= 0.6 is 11.3 Å². The number of aromatic nitrogens is 1. The van der Waals surface area contributed by atoms with Gasteiger partial charge in [-0.25, -0.2) is 9.98 Å². The molecular formula is C10H18N4S. The van der Waals surface area contributed by atoms with Crippen molar-refractivity contribution in [2.45, 2.75) is 27.3 Å². The summed E-state index contributed by atoms with van der Waals surface area (Å²) in [6, 6.07) is 0. The Kier molecular flexibility index (Phi) is 4.55. The summed E-state index contributed by atoms with van der Waals surface area (Å²) in [6.07, 6.45) is 1.86. The van der Waals surface area contributed by atoms with Crippen molar-refractivity contribution in [3.8, 4) is 0 Å². The van der Waals surface area contributed by atoms with E-state index in [1.807, 2.05) is 18.0 Å². The molecule has 0 saturated heterocycles. The average Bonchev–Trinajstić information content (AvgIpc) is 2.63. The van der Waals surface area contributed by atoms with Gasteiger partial charge in [0, 0.05) is 24.2 Å². The number of hydrogen-bond donors (Lipinski definition) is 1. The lowest BCUT2D eigenvalue weighted by atomic mass is 10.5. The van der Waals surface area contributed by atoms with E-state index in [0.717, 1.165) is 23.0 Å². The molecule has 1 aromatic rings. The first-order valence-corrected chi connectivity index (χ1v) is 5.95. The van der Waals surface area contributed by atoms with Crippen molar-refractivity contribution >= 4 is 17.3 Å². The van der Waals surface area contributed by atoms with Gasteiger partial charge in [-0.05, 0) is 20.8 Å². The Morgan fingerprint density at radius 1 is 1.53 bits per heavy atom.